The summed E-state index contributed by atoms with van der Waals surface area (Å²) < 4.78 is 0. The Balaban J connectivity index is 1.91. The molecular weight excluding hydrogens is 416 g/mol. The zero-order valence-corrected chi connectivity index (χ0v) is 21.1. The van der Waals surface area contributed by atoms with Gasteiger partial charge in [-0.05, 0) is 36.3 Å². The summed E-state index contributed by atoms with van der Waals surface area (Å²) in [6.45, 7) is 4.65. The summed E-state index contributed by atoms with van der Waals surface area (Å²) in [4.78, 5) is 11.0. The number of benzene rings is 1. The van der Waals surface area contributed by atoms with Crippen LogP contribution in [0.2, 0.25) is 0 Å². The van der Waals surface area contributed by atoms with Crippen molar-refractivity contribution in [1.82, 2.24) is 10.7 Å². The first-order chi connectivity index (χ1) is 15.6. The highest BCUT2D eigenvalue weighted by atomic mass is 32.1. The minimum atomic E-state index is -0.0803. The van der Waals surface area contributed by atoms with Gasteiger partial charge in [-0.3, -0.25) is 10.2 Å². The van der Waals surface area contributed by atoms with Gasteiger partial charge in [-0.1, -0.05) is 103 Å². The van der Waals surface area contributed by atoms with Gasteiger partial charge in [0.25, 0.3) is 0 Å². The number of rotatable bonds is 18. The van der Waals surface area contributed by atoms with Gasteiger partial charge < -0.3 is 10.6 Å². The summed E-state index contributed by atoms with van der Waals surface area (Å²) in [5.74, 6) is -0.0803. The van der Waals surface area contributed by atoms with Gasteiger partial charge in [0.15, 0.2) is 5.11 Å². The predicted octanol–water partition coefficient (Wildman–Crippen LogP) is 6.92. The van der Waals surface area contributed by atoms with E-state index in [4.69, 9.17) is 12.2 Å². The Morgan fingerprint density at radius 3 is 1.84 bits per heavy atom. The molecule has 0 radical (unpaired) electrons. The minimum absolute atomic E-state index is 0.0803. The van der Waals surface area contributed by atoms with Gasteiger partial charge in [0, 0.05) is 19.2 Å². The van der Waals surface area contributed by atoms with Gasteiger partial charge >= 0.3 is 0 Å². The monoisotopic (exact) mass is 460 g/mol. The zero-order valence-electron chi connectivity index (χ0n) is 20.3. The molecule has 0 unspecified atom stereocenters. The van der Waals surface area contributed by atoms with Crippen LogP contribution in [0.3, 0.4) is 0 Å². The third-order valence-electron chi connectivity index (χ3n) is 5.43. The van der Waals surface area contributed by atoms with Crippen molar-refractivity contribution in [3.8, 4) is 0 Å². The van der Waals surface area contributed by atoms with Crippen LogP contribution in [0.5, 0.6) is 0 Å². The van der Waals surface area contributed by atoms with Crippen LogP contribution in [0.25, 0.3) is 0 Å². The molecule has 0 spiro atoms. The van der Waals surface area contributed by atoms with Crippen molar-refractivity contribution in [2.75, 3.05) is 11.9 Å². The number of nitrogens with one attached hydrogen (secondary N) is 3. The Morgan fingerprint density at radius 1 is 0.844 bits per heavy atom. The molecule has 0 saturated carbocycles. The highest BCUT2D eigenvalue weighted by Gasteiger charge is 1.97. The van der Waals surface area contributed by atoms with Gasteiger partial charge in [0.1, 0.15) is 0 Å². The molecule has 0 bridgehead atoms. The van der Waals surface area contributed by atoms with E-state index in [-0.39, 0.29) is 5.91 Å². The molecule has 0 aliphatic carbocycles. The molecule has 3 N–H and O–H groups in total. The molecule has 0 saturated heterocycles. The number of anilines is 1. The van der Waals surface area contributed by atoms with E-state index in [9.17, 15) is 4.79 Å². The molecule has 1 rings (SSSR count). The fraction of sp³-hybridized carbons (Fsp3) is 0.654. The van der Waals surface area contributed by atoms with Gasteiger partial charge in [0.2, 0.25) is 5.91 Å². The van der Waals surface area contributed by atoms with Crippen molar-refractivity contribution < 1.29 is 4.79 Å². The second-order valence-corrected chi connectivity index (χ2v) is 8.93. The van der Waals surface area contributed by atoms with Crippen LogP contribution in [-0.4, -0.2) is 23.8 Å². The van der Waals surface area contributed by atoms with Crippen molar-refractivity contribution in [2.45, 2.75) is 104 Å². The van der Waals surface area contributed by atoms with E-state index >= 15 is 0 Å². The van der Waals surface area contributed by atoms with Crippen LogP contribution in [0, 0.1) is 0 Å². The van der Waals surface area contributed by atoms with Crippen LogP contribution in [0.15, 0.2) is 29.4 Å². The Labute approximate surface area is 201 Å². The van der Waals surface area contributed by atoms with Crippen LogP contribution >= 0.6 is 12.2 Å². The second kappa shape index (κ2) is 19.7. The fourth-order valence-electron chi connectivity index (χ4n) is 3.58. The third kappa shape index (κ3) is 16.7. The lowest BCUT2D eigenvalue weighted by atomic mass is 10.0. The molecule has 1 aromatic carbocycles. The Morgan fingerprint density at radius 2 is 1.34 bits per heavy atom. The summed E-state index contributed by atoms with van der Waals surface area (Å²) in [5, 5.41) is 10.6. The quantitative estimate of drug-likeness (QED) is 0.0962. The van der Waals surface area contributed by atoms with Crippen molar-refractivity contribution in [3.63, 3.8) is 0 Å². The summed E-state index contributed by atoms with van der Waals surface area (Å²) in [5.41, 5.74) is 4.55. The lowest BCUT2D eigenvalue weighted by Gasteiger charge is -2.07. The molecule has 0 atom stereocenters. The van der Waals surface area contributed by atoms with E-state index in [1.807, 2.05) is 24.3 Å². The van der Waals surface area contributed by atoms with Crippen molar-refractivity contribution >= 4 is 35.1 Å². The van der Waals surface area contributed by atoms with E-state index in [0.717, 1.165) is 24.2 Å². The summed E-state index contributed by atoms with van der Waals surface area (Å²) in [6, 6.07) is 7.47. The van der Waals surface area contributed by atoms with Crippen LogP contribution < -0.4 is 16.1 Å². The highest BCUT2D eigenvalue weighted by Crippen LogP contribution is 2.13. The largest absolute Gasteiger partial charge is 0.361 e. The third-order valence-corrected chi connectivity index (χ3v) is 5.66. The molecule has 0 aliphatic rings. The summed E-state index contributed by atoms with van der Waals surface area (Å²) >= 11 is 5.25. The Kier molecular flexibility index (Phi) is 17.3. The van der Waals surface area contributed by atoms with Gasteiger partial charge in [-0.2, -0.15) is 5.10 Å². The minimum Gasteiger partial charge on any atom is -0.361 e. The number of thiocarbonyl (C=S) groups is 1. The molecule has 0 heterocycles. The van der Waals surface area contributed by atoms with Crippen molar-refractivity contribution in [2.24, 2.45) is 5.10 Å². The molecule has 6 heteroatoms. The maximum atomic E-state index is 11.0. The number of hydrogen-bond acceptors (Lipinski definition) is 3. The van der Waals surface area contributed by atoms with Crippen molar-refractivity contribution in [1.29, 1.82) is 0 Å². The molecular formula is C26H44N4OS. The normalized spacial score (nSPS) is 10.9. The number of carbonyl (C=O) groups excluding carboxylic acids is 1. The molecule has 0 aromatic heterocycles. The maximum Gasteiger partial charge on any atom is 0.221 e. The molecule has 1 amide bonds. The van der Waals surface area contributed by atoms with E-state index in [2.05, 4.69) is 28.1 Å². The van der Waals surface area contributed by atoms with Crippen LogP contribution in [0.4, 0.5) is 5.69 Å². The van der Waals surface area contributed by atoms with Gasteiger partial charge in [-0.15, -0.1) is 0 Å². The predicted molar refractivity (Wildman–Crippen MR) is 142 cm³/mol. The number of amides is 1. The number of nitrogens with zero attached hydrogens (tertiary/aromatic N) is 1. The average molecular weight is 461 g/mol. The fourth-order valence-corrected chi connectivity index (χ4v) is 3.74. The maximum absolute atomic E-state index is 11.0. The first-order valence-corrected chi connectivity index (χ1v) is 13.0. The number of unbranched alkanes of at least 4 members (excludes halogenated alkanes) is 13. The zero-order chi connectivity index (χ0) is 23.3. The van der Waals surface area contributed by atoms with E-state index in [1.165, 1.54) is 90.4 Å². The van der Waals surface area contributed by atoms with E-state index < -0.39 is 0 Å². The summed E-state index contributed by atoms with van der Waals surface area (Å²) in [6.07, 6.45) is 20.8. The van der Waals surface area contributed by atoms with Gasteiger partial charge in [0.05, 0.1) is 6.21 Å². The van der Waals surface area contributed by atoms with E-state index in [1.54, 1.807) is 6.21 Å². The second-order valence-electron chi connectivity index (χ2n) is 8.53. The molecule has 180 valence electrons. The standard InChI is InChI=1S/C26H44N4OS/c1-3-4-5-6-7-8-9-10-11-12-13-14-15-16-21-27-26(32)30-28-22-24-17-19-25(20-18-24)29-23(2)31/h17-20,22H,3-16,21H2,1-2H3,(H,29,31)(H2,27,30,32)/b28-22+. The molecule has 0 fully saturated rings. The lowest BCUT2D eigenvalue weighted by molar-refractivity contribution is -0.114. The van der Waals surface area contributed by atoms with Crippen LogP contribution in [0.1, 0.15) is 109 Å². The first kappa shape index (κ1) is 28.1. The molecule has 1 aromatic rings. The highest BCUT2D eigenvalue weighted by molar-refractivity contribution is 7.80. The number of carbonyl (C=O) groups is 1. The molecule has 5 nitrogen and oxygen atoms in total. The SMILES string of the molecule is CCCCCCCCCCCCCCCCNC(=S)N/N=C/c1ccc(NC(C)=O)cc1. The Hall–Kier alpha value is -1.95. The topological polar surface area (TPSA) is 65.5 Å². The lowest BCUT2D eigenvalue weighted by Crippen LogP contribution is -2.32. The van der Waals surface area contributed by atoms with Gasteiger partial charge in [-0.25, -0.2) is 0 Å². The van der Waals surface area contributed by atoms with Crippen LogP contribution in [-0.2, 0) is 4.79 Å². The van der Waals surface area contributed by atoms with E-state index in [0.29, 0.717) is 5.11 Å². The summed E-state index contributed by atoms with van der Waals surface area (Å²) in [7, 11) is 0. The smallest absolute Gasteiger partial charge is 0.221 e. The Bertz CT molecular complexity index is 646. The number of hydrazone groups is 1. The average Bonchev–Trinajstić information content (AvgIpc) is 2.77. The van der Waals surface area contributed by atoms with Crippen molar-refractivity contribution in [3.05, 3.63) is 29.8 Å². The molecule has 32 heavy (non-hydrogen) atoms. The number of hydrogen-bond donors (Lipinski definition) is 3. The first-order valence-electron chi connectivity index (χ1n) is 12.6. The molecule has 0 aliphatic heterocycles.